The Kier molecular flexibility index (Phi) is 4.28. The molecule has 1 aliphatic heterocycles. The van der Waals surface area contributed by atoms with Gasteiger partial charge in [0.05, 0.1) is 18.6 Å². The monoisotopic (exact) mass is 369 g/mol. The quantitative estimate of drug-likeness (QED) is 0.880. The molecule has 1 atom stereocenters. The van der Waals surface area contributed by atoms with Gasteiger partial charge in [0.2, 0.25) is 5.91 Å². The molecule has 4 rings (SSSR count). The fourth-order valence-corrected chi connectivity index (χ4v) is 4.73. The summed E-state index contributed by atoms with van der Waals surface area (Å²) in [5.74, 6) is -0.361. The Morgan fingerprint density at radius 2 is 2.00 bits per heavy atom. The first-order valence-corrected chi connectivity index (χ1v) is 9.82. The van der Waals surface area contributed by atoms with Gasteiger partial charge in [-0.15, -0.1) is 0 Å². The Bertz CT molecular complexity index is 902. The summed E-state index contributed by atoms with van der Waals surface area (Å²) in [5.41, 5.74) is 4.22. The maximum absolute atomic E-state index is 12.8. The average Bonchev–Trinajstić information content (AvgIpc) is 3.19. The van der Waals surface area contributed by atoms with E-state index in [1.165, 1.54) is 11.1 Å². The summed E-state index contributed by atoms with van der Waals surface area (Å²) in [5, 5.41) is 10.2. The molecule has 1 aromatic carbocycles. The molecule has 1 amide bonds. The van der Waals surface area contributed by atoms with Crippen molar-refractivity contribution < 1.29 is 19.1 Å². The van der Waals surface area contributed by atoms with Crippen molar-refractivity contribution in [3.63, 3.8) is 0 Å². The number of aryl methyl sites for hydroxylation is 1. The molecule has 1 spiro atoms. The van der Waals surface area contributed by atoms with Gasteiger partial charge in [-0.05, 0) is 60.8 Å². The molecular formula is C22H27NO4. The fraction of sp³-hybridized carbons (Fsp3) is 0.545. The highest BCUT2D eigenvalue weighted by Gasteiger charge is 2.59. The zero-order valence-corrected chi connectivity index (χ0v) is 16.2. The van der Waals surface area contributed by atoms with Gasteiger partial charge in [0.15, 0.2) is 0 Å². The van der Waals surface area contributed by atoms with Crippen LogP contribution in [0, 0.1) is 18.3 Å². The van der Waals surface area contributed by atoms with E-state index >= 15 is 0 Å². The Hall–Kier alpha value is -2.30. The van der Waals surface area contributed by atoms with Gasteiger partial charge >= 0.3 is 5.97 Å². The van der Waals surface area contributed by atoms with Crippen LogP contribution < -0.4 is 0 Å². The van der Waals surface area contributed by atoms with Gasteiger partial charge in [0.25, 0.3) is 0 Å². The van der Waals surface area contributed by atoms with Crippen LogP contribution in [0.4, 0.5) is 0 Å². The van der Waals surface area contributed by atoms with E-state index in [2.05, 4.69) is 32.9 Å². The van der Waals surface area contributed by atoms with E-state index in [0.29, 0.717) is 25.4 Å². The summed E-state index contributed by atoms with van der Waals surface area (Å²) in [6, 6.07) is 4.22. The van der Waals surface area contributed by atoms with Gasteiger partial charge < -0.3 is 14.4 Å². The van der Waals surface area contributed by atoms with Gasteiger partial charge in [-0.3, -0.25) is 9.59 Å². The molecule has 1 aromatic heterocycles. The normalized spacial score (nSPS) is 21.2. The van der Waals surface area contributed by atoms with Crippen molar-refractivity contribution in [1.82, 2.24) is 4.90 Å². The zero-order chi connectivity index (χ0) is 19.3. The van der Waals surface area contributed by atoms with Crippen LogP contribution in [-0.2, 0) is 16.0 Å². The Labute approximate surface area is 159 Å². The minimum atomic E-state index is -0.684. The third-order valence-electron chi connectivity index (χ3n) is 6.61. The number of piperidine rings is 1. The maximum atomic E-state index is 12.8. The lowest BCUT2D eigenvalue weighted by Gasteiger charge is -2.32. The number of carbonyl (C=O) groups is 2. The molecule has 1 saturated heterocycles. The van der Waals surface area contributed by atoms with Crippen LogP contribution in [0.2, 0.25) is 0 Å². The highest BCUT2D eigenvalue weighted by Crippen LogP contribution is 2.59. The molecule has 2 heterocycles. The second kappa shape index (κ2) is 6.39. The van der Waals surface area contributed by atoms with E-state index < -0.39 is 5.97 Å². The molecule has 5 heteroatoms. The molecule has 1 saturated carbocycles. The number of likely N-dealkylation sites (tertiary alicyclic amines) is 1. The summed E-state index contributed by atoms with van der Waals surface area (Å²) in [4.78, 5) is 25.9. The molecule has 0 radical (unpaired) electrons. The number of carbonyl (C=O) groups excluding carboxylic acids is 1. The van der Waals surface area contributed by atoms with Crippen LogP contribution in [0.15, 0.2) is 22.8 Å². The Balaban J connectivity index is 1.46. The van der Waals surface area contributed by atoms with E-state index in [4.69, 9.17) is 4.42 Å². The summed E-state index contributed by atoms with van der Waals surface area (Å²) in [7, 11) is 0. The van der Waals surface area contributed by atoms with Gasteiger partial charge in [-0.25, -0.2) is 0 Å². The second-order valence-corrected chi connectivity index (χ2v) is 8.64. The van der Waals surface area contributed by atoms with Crippen LogP contribution in [-0.4, -0.2) is 35.0 Å². The molecule has 5 nitrogen and oxygen atoms in total. The van der Waals surface area contributed by atoms with Gasteiger partial charge in [0, 0.05) is 24.0 Å². The molecule has 144 valence electrons. The third-order valence-corrected chi connectivity index (χ3v) is 6.61. The van der Waals surface area contributed by atoms with Crippen molar-refractivity contribution in [3.05, 3.63) is 35.1 Å². The lowest BCUT2D eigenvalue weighted by molar-refractivity contribution is -0.139. The molecule has 2 fully saturated rings. The molecule has 1 N–H and O–H groups in total. The van der Waals surface area contributed by atoms with Crippen LogP contribution in [0.25, 0.3) is 11.0 Å². The number of benzene rings is 1. The summed E-state index contributed by atoms with van der Waals surface area (Å²) in [6.07, 6.45) is 4.42. The zero-order valence-electron chi connectivity index (χ0n) is 16.2. The maximum Gasteiger partial charge on any atom is 0.307 e. The fourth-order valence-electron chi connectivity index (χ4n) is 4.73. The van der Waals surface area contributed by atoms with Gasteiger partial charge in [-0.2, -0.15) is 0 Å². The first-order valence-electron chi connectivity index (χ1n) is 9.82. The van der Waals surface area contributed by atoms with E-state index in [9.17, 15) is 14.7 Å². The van der Waals surface area contributed by atoms with Crippen LogP contribution in [0.5, 0.6) is 0 Å². The van der Waals surface area contributed by atoms with Crippen molar-refractivity contribution in [2.75, 3.05) is 13.1 Å². The van der Waals surface area contributed by atoms with E-state index in [0.717, 1.165) is 35.8 Å². The minimum absolute atomic E-state index is 0.0470. The number of carboxylic acid groups (broad SMARTS) is 1. The average molecular weight is 369 g/mol. The minimum Gasteiger partial charge on any atom is -0.481 e. The second-order valence-electron chi connectivity index (χ2n) is 8.64. The number of amides is 1. The van der Waals surface area contributed by atoms with E-state index in [1.807, 2.05) is 4.90 Å². The number of carboxylic acids is 1. The molecule has 2 aromatic rings. The standard InChI is InChI=1S/C22H27NO4/c1-13(2)16-10-17-15(12-27-19(17)8-14(16)3)9-20(24)23-6-4-22(5-7-23)11-18(22)21(25)26/h8,10,12-13,18H,4-7,9,11H2,1-3H3,(H,25,26). The predicted molar refractivity (Wildman–Crippen MR) is 103 cm³/mol. The SMILES string of the molecule is Cc1cc2occ(CC(=O)N3CCC4(CC3)CC4C(=O)O)c2cc1C(C)C. The Morgan fingerprint density at radius 1 is 1.30 bits per heavy atom. The van der Waals surface area contributed by atoms with Crippen molar-refractivity contribution in [2.45, 2.75) is 52.4 Å². The molecule has 0 bridgehead atoms. The van der Waals surface area contributed by atoms with Crippen LogP contribution in [0.3, 0.4) is 0 Å². The number of aliphatic carboxylic acids is 1. The summed E-state index contributed by atoms with van der Waals surface area (Å²) in [6.45, 7) is 7.76. The lowest BCUT2D eigenvalue weighted by Crippen LogP contribution is -2.40. The number of hydrogen-bond donors (Lipinski definition) is 1. The predicted octanol–water partition coefficient (Wildman–Crippen LogP) is 4.12. The lowest BCUT2D eigenvalue weighted by atomic mass is 9.90. The van der Waals surface area contributed by atoms with Crippen molar-refractivity contribution >= 4 is 22.8 Å². The van der Waals surface area contributed by atoms with Crippen molar-refractivity contribution in [1.29, 1.82) is 0 Å². The third kappa shape index (κ3) is 3.13. The molecule has 1 unspecified atom stereocenters. The highest BCUT2D eigenvalue weighted by molar-refractivity contribution is 5.88. The molecule has 1 aliphatic carbocycles. The first kappa shape index (κ1) is 18.1. The number of rotatable bonds is 4. The van der Waals surface area contributed by atoms with Crippen molar-refractivity contribution in [2.24, 2.45) is 11.3 Å². The van der Waals surface area contributed by atoms with Crippen LogP contribution in [0.1, 0.15) is 55.7 Å². The molecule has 27 heavy (non-hydrogen) atoms. The summed E-state index contributed by atoms with van der Waals surface area (Å²) >= 11 is 0. The highest BCUT2D eigenvalue weighted by atomic mass is 16.4. The number of furan rings is 1. The van der Waals surface area contributed by atoms with Gasteiger partial charge in [-0.1, -0.05) is 13.8 Å². The smallest absolute Gasteiger partial charge is 0.307 e. The van der Waals surface area contributed by atoms with E-state index in [-0.39, 0.29) is 17.2 Å². The first-order chi connectivity index (χ1) is 12.8. The largest absolute Gasteiger partial charge is 0.481 e. The topological polar surface area (TPSA) is 70.8 Å². The number of nitrogens with zero attached hydrogens (tertiary/aromatic N) is 1. The molecular weight excluding hydrogens is 342 g/mol. The van der Waals surface area contributed by atoms with Gasteiger partial charge in [0.1, 0.15) is 5.58 Å². The number of hydrogen-bond acceptors (Lipinski definition) is 3. The molecule has 2 aliphatic rings. The van der Waals surface area contributed by atoms with E-state index in [1.54, 1.807) is 6.26 Å². The van der Waals surface area contributed by atoms with Crippen LogP contribution >= 0.6 is 0 Å². The Morgan fingerprint density at radius 3 is 2.59 bits per heavy atom. The number of fused-ring (bicyclic) bond motifs is 1. The van der Waals surface area contributed by atoms with Crippen molar-refractivity contribution in [3.8, 4) is 0 Å². The summed E-state index contributed by atoms with van der Waals surface area (Å²) < 4.78 is 5.70.